The predicted molar refractivity (Wildman–Crippen MR) is 73.1 cm³/mol. The van der Waals surface area contributed by atoms with Gasteiger partial charge < -0.3 is 15.4 Å². The number of hydrogen-bond acceptors (Lipinski definition) is 5. The third kappa shape index (κ3) is 4.51. The lowest BCUT2D eigenvalue weighted by Gasteiger charge is -2.30. The van der Waals surface area contributed by atoms with E-state index in [0.29, 0.717) is 0 Å². The van der Waals surface area contributed by atoms with Crippen LogP contribution in [0.1, 0.15) is 31.1 Å². The van der Waals surface area contributed by atoms with Gasteiger partial charge in [0.05, 0.1) is 17.9 Å². The van der Waals surface area contributed by atoms with Crippen LogP contribution in [0.25, 0.3) is 0 Å². The molecule has 0 saturated heterocycles. The second-order valence-electron chi connectivity index (χ2n) is 4.65. The fourth-order valence-electron chi connectivity index (χ4n) is 1.77. The molecular weight excluding hydrogens is 287 g/mol. The van der Waals surface area contributed by atoms with Gasteiger partial charge in [0.1, 0.15) is 6.54 Å². The Balaban J connectivity index is 3.21. The predicted octanol–water partition coefficient (Wildman–Crippen LogP) is 2.62. The molecule has 0 fully saturated rings. The fraction of sp³-hybridized carbons (Fsp3) is 0.538. The number of nitrogens with zero attached hydrogens (tertiary/aromatic N) is 2. The zero-order valence-corrected chi connectivity index (χ0v) is 12.1. The number of nitrogen functional groups attached to an aromatic ring is 1. The van der Waals surface area contributed by atoms with Gasteiger partial charge >= 0.3 is 12.1 Å². The maximum Gasteiger partial charge on any atom is 0.405 e. The highest BCUT2D eigenvalue weighted by Gasteiger charge is 2.33. The van der Waals surface area contributed by atoms with Gasteiger partial charge in [-0.15, -0.1) is 0 Å². The highest BCUT2D eigenvalue weighted by atomic mass is 19.4. The van der Waals surface area contributed by atoms with E-state index in [0.717, 1.165) is 4.90 Å². The molecule has 2 N–H and O–H groups in total. The van der Waals surface area contributed by atoms with Crippen LogP contribution >= 0.6 is 0 Å². The summed E-state index contributed by atoms with van der Waals surface area (Å²) in [6.07, 6.45) is -3.16. The van der Waals surface area contributed by atoms with Crippen molar-refractivity contribution in [2.24, 2.45) is 0 Å². The van der Waals surface area contributed by atoms with Crippen molar-refractivity contribution in [2.75, 3.05) is 23.8 Å². The summed E-state index contributed by atoms with van der Waals surface area (Å²) in [7, 11) is 0. The van der Waals surface area contributed by atoms with Crippen LogP contribution in [0.15, 0.2) is 12.3 Å². The van der Waals surface area contributed by atoms with E-state index >= 15 is 0 Å². The molecule has 1 aromatic rings. The van der Waals surface area contributed by atoms with E-state index in [1.165, 1.54) is 12.3 Å². The maximum absolute atomic E-state index is 12.7. The van der Waals surface area contributed by atoms with Gasteiger partial charge in [-0.25, -0.2) is 9.78 Å². The van der Waals surface area contributed by atoms with Gasteiger partial charge in [-0.3, -0.25) is 0 Å². The van der Waals surface area contributed by atoms with E-state index in [1.807, 2.05) is 0 Å². The molecule has 21 heavy (non-hydrogen) atoms. The molecule has 0 unspecified atom stereocenters. The molecule has 1 rings (SSSR count). The molecule has 0 spiro atoms. The number of esters is 1. The van der Waals surface area contributed by atoms with Crippen molar-refractivity contribution in [1.82, 2.24) is 4.98 Å². The minimum absolute atomic E-state index is 0.00896. The number of nitrogens with two attached hydrogens (primary N) is 1. The van der Waals surface area contributed by atoms with Crippen LogP contribution < -0.4 is 10.6 Å². The van der Waals surface area contributed by atoms with Crippen molar-refractivity contribution >= 4 is 17.5 Å². The first-order chi connectivity index (χ1) is 9.67. The molecular formula is C13H18F3N3O2. The Hall–Kier alpha value is -1.99. The van der Waals surface area contributed by atoms with Crippen LogP contribution in [0.4, 0.5) is 24.7 Å². The van der Waals surface area contributed by atoms with Crippen LogP contribution in [0.3, 0.4) is 0 Å². The lowest BCUT2D eigenvalue weighted by Crippen LogP contribution is -2.40. The molecule has 8 heteroatoms. The van der Waals surface area contributed by atoms with Gasteiger partial charge in [-0.2, -0.15) is 13.2 Å². The van der Waals surface area contributed by atoms with Crippen molar-refractivity contribution in [3.8, 4) is 0 Å². The minimum atomic E-state index is -4.40. The summed E-state index contributed by atoms with van der Waals surface area (Å²) in [5.41, 5.74) is 5.69. The van der Waals surface area contributed by atoms with Crippen molar-refractivity contribution in [2.45, 2.75) is 33.0 Å². The standard InChI is InChI=1S/C13H18F3N3O2/c1-4-21-12(20)9-5-6-18-11(10(9)17)19(8(2)3)7-13(14,15)16/h5-6,8H,4,7,17H2,1-3H3. The molecule has 0 aliphatic rings. The van der Waals surface area contributed by atoms with Gasteiger partial charge in [0.15, 0.2) is 5.82 Å². The van der Waals surface area contributed by atoms with Gasteiger partial charge in [0.25, 0.3) is 0 Å². The normalized spacial score (nSPS) is 11.6. The summed E-state index contributed by atoms with van der Waals surface area (Å²) in [4.78, 5) is 16.6. The van der Waals surface area contributed by atoms with Crippen molar-refractivity contribution in [3.05, 3.63) is 17.8 Å². The van der Waals surface area contributed by atoms with E-state index in [1.54, 1.807) is 20.8 Å². The van der Waals surface area contributed by atoms with Crippen LogP contribution in [0, 0.1) is 0 Å². The summed E-state index contributed by atoms with van der Waals surface area (Å²) in [5.74, 6) is -0.762. The molecule has 1 heterocycles. The molecule has 118 valence electrons. The van der Waals surface area contributed by atoms with Crippen LogP contribution in [0.5, 0.6) is 0 Å². The summed E-state index contributed by atoms with van der Waals surface area (Å²) in [5, 5.41) is 0. The molecule has 0 atom stereocenters. The number of carbonyl (C=O) groups excluding carboxylic acids is 1. The SMILES string of the molecule is CCOC(=O)c1ccnc(N(CC(F)(F)F)C(C)C)c1N. The van der Waals surface area contributed by atoms with Crippen LogP contribution in [-0.4, -0.2) is 36.3 Å². The Kier molecular flexibility index (Phi) is 5.40. The van der Waals surface area contributed by atoms with E-state index in [9.17, 15) is 18.0 Å². The van der Waals surface area contributed by atoms with Crippen molar-refractivity contribution in [3.63, 3.8) is 0 Å². The minimum Gasteiger partial charge on any atom is -0.462 e. The van der Waals surface area contributed by atoms with Crippen molar-refractivity contribution in [1.29, 1.82) is 0 Å². The van der Waals surface area contributed by atoms with E-state index in [-0.39, 0.29) is 23.7 Å². The first kappa shape index (κ1) is 17.1. The fourth-order valence-corrected chi connectivity index (χ4v) is 1.77. The number of carbonyl (C=O) groups is 1. The zero-order chi connectivity index (χ0) is 16.2. The smallest absolute Gasteiger partial charge is 0.405 e. The second-order valence-corrected chi connectivity index (χ2v) is 4.65. The molecule has 0 bridgehead atoms. The van der Waals surface area contributed by atoms with E-state index < -0.39 is 24.7 Å². The molecule has 0 saturated carbocycles. The molecule has 0 aromatic carbocycles. The number of ether oxygens (including phenoxy) is 1. The Morgan fingerprint density at radius 3 is 2.57 bits per heavy atom. The average molecular weight is 305 g/mol. The average Bonchev–Trinajstić information content (AvgIpc) is 2.35. The monoisotopic (exact) mass is 305 g/mol. The number of pyridine rings is 1. The quantitative estimate of drug-likeness (QED) is 0.847. The number of rotatable bonds is 5. The molecule has 0 aliphatic heterocycles. The zero-order valence-electron chi connectivity index (χ0n) is 12.1. The Morgan fingerprint density at radius 2 is 2.10 bits per heavy atom. The Bertz CT molecular complexity index is 504. The van der Waals surface area contributed by atoms with Crippen LogP contribution in [-0.2, 0) is 4.74 Å². The molecule has 5 nitrogen and oxygen atoms in total. The number of aromatic nitrogens is 1. The summed E-state index contributed by atoms with van der Waals surface area (Å²) >= 11 is 0. The molecule has 1 aromatic heterocycles. The van der Waals surface area contributed by atoms with Gasteiger partial charge in [0.2, 0.25) is 0 Å². The van der Waals surface area contributed by atoms with Gasteiger partial charge in [0, 0.05) is 12.2 Å². The lowest BCUT2D eigenvalue weighted by molar-refractivity contribution is -0.120. The second kappa shape index (κ2) is 6.64. The molecule has 0 amide bonds. The summed E-state index contributed by atoms with van der Waals surface area (Å²) < 4.78 is 42.8. The highest BCUT2D eigenvalue weighted by Crippen LogP contribution is 2.29. The molecule has 0 aliphatic carbocycles. The van der Waals surface area contributed by atoms with Crippen molar-refractivity contribution < 1.29 is 22.7 Å². The number of anilines is 2. The number of halogens is 3. The van der Waals surface area contributed by atoms with Gasteiger partial charge in [-0.05, 0) is 26.8 Å². The van der Waals surface area contributed by atoms with Crippen LogP contribution in [0.2, 0.25) is 0 Å². The highest BCUT2D eigenvalue weighted by molar-refractivity contribution is 5.97. The largest absolute Gasteiger partial charge is 0.462 e. The number of alkyl halides is 3. The third-order valence-electron chi connectivity index (χ3n) is 2.71. The van der Waals surface area contributed by atoms with Gasteiger partial charge in [-0.1, -0.05) is 0 Å². The Morgan fingerprint density at radius 1 is 1.48 bits per heavy atom. The topological polar surface area (TPSA) is 68.5 Å². The van der Waals surface area contributed by atoms with E-state index in [4.69, 9.17) is 10.5 Å². The third-order valence-corrected chi connectivity index (χ3v) is 2.71. The molecule has 0 radical (unpaired) electrons. The summed E-state index contributed by atoms with van der Waals surface area (Å²) in [6, 6.07) is 0.835. The first-order valence-electron chi connectivity index (χ1n) is 6.42. The lowest BCUT2D eigenvalue weighted by atomic mass is 10.2. The Labute approximate surface area is 120 Å². The first-order valence-corrected chi connectivity index (χ1v) is 6.42. The maximum atomic E-state index is 12.7. The number of hydrogen-bond donors (Lipinski definition) is 1. The summed E-state index contributed by atoms with van der Waals surface area (Å²) in [6.45, 7) is 3.74. The van der Waals surface area contributed by atoms with E-state index in [2.05, 4.69) is 4.98 Å².